The number of amides is 1. The summed E-state index contributed by atoms with van der Waals surface area (Å²) >= 11 is 8.06. The lowest BCUT2D eigenvalue weighted by atomic mass is 10.4. The lowest BCUT2D eigenvalue weighted by molar-refractivity contribution is 0.136. The summed E-state index contributed by atoms with van der Waals surface area (Å²) in [7, 11) is 3.19. The first-order valence-corrected chi connectivity index (χ1v) is 10.9. The summed E-state index contributed by atoms with van der Waals surface area (Å²) in [6.45, 7) is 7.62. The molecule has 0 fully saturated rings. The molecule has 0 saturated heterocycles. The number of hydrogen-bond donors (Lipinski definition) is 0. The van der Waals surface area contributed by atoms with Gasteiger partial charge in [0.05, 0.1) is 12.1 Å². The Balaban J connectivity index is 4.74. The predicted octanol–water partition coefficient (Wildman–Crippen LogP) is 3.61. The highest BCUT2D eigenvalue weighted by atomic mass is 32.5. The van der Waals surface area contributed by atoms with Crippen LogP contribution in [0.5, 0.6) is 0 Å². The lowest BCUT2D eigenvalue weighted by Crippen LogP contribution is -2.29. The quantitative estimate of drug-likeness (QED) is 0.179. The van der Waals surface area contributed by atoms with Crippen molar-refractivity contribution in [3.05, 3.63) is 0 Å². The van der Waals surface area contributed by atoms with Gasteiger partial charge >= 0.3 is 6.09 Å². The molecule has 0 spiro atoms. The highest BCUT2D eigenvalue weighted by molar-refractivity contribution is 8.16. The molecule has 20 heavy (non-hydrogen) atoms. The Bertz CT molecular complexity index is 406. The molecule has 0 N–H and O–H groups in total. The zero-order valence-corrected chi connectivity index (χ0v) is 16.2. The molecule has 0 aliphatic heterocycles. The van der Waals surface area contributed by atoms with E-state index < -0.39 is 12.5 Å². The van der Waals surface area contributed by atoms with Crippen molar-refractivity contribution < 1.29 is 14.2 Å². The number of nitrogens with zero attached hydrogens (tertiary/aromatic N) is 3. The second kappa shape index (κ2) is 9.27. The van der Waals surface area contributed by atoms with Crippen molar-refractivity contribution in [3.63, 3.8) is 0 Å². The minimum Gasteiger partial charge on any atom is -0.341 e. The molecule has 0 aliphatic rings. The van der Waals surface area contributed by atoms with Gasteiger partial charge in [-0.3, -0.25) is 4.84 Å². The number of hydrogen-bond acceptors (Lipinski definition) is 7. The Morgan fingerprint density at radius 2 is 2.00 bits per heavy atom. The molecule has 1 atom stereocenters. The number of thioether (sulfide) groups is 1. The molecule has 1 unspecified atom stereocenters. The maximum Gasteiger partial charge on any atom is 0.446 e. The fourth-order valence-electron chi connectivity index (χ4n) is 1.02. The molecule has 6 nitrogen and oxygen atoms in total. The summed E-state index contributed by atoms with van der Waals surface area (Å²) in [6, 6.07) is 0.127. The molecule has 0 aliphatic carbocycles. The first kappa shape index (κ1) is 20.2. The van der Waals surface area contributed by atoms with Crippen LogP contribution in [0.15, 0.2) is 5.16 Å². The Morgan fingerprint density at radius 1 is 1.45 bits per heavy atom. The van der Waals surface area contributed by atoms with Crippen LogP contribution in [0, 0.1) is 0 Å². The van der Waals surface area contributed by atoms with Crippen LogP contribution >= 0.6 is 30.3 Å². The van der Waals surface area contributed by atoms with E-state index in [0.29, 0.717) is 5.04 Å². The summed E-state index contributed by atoms with van der Waals surface area (Å²) in [4.78, 5) is 16.6. The number of carbonyl (C=O) groups is 1. The number of rotatable bonds is 6. The van der Waals surface area contributed by atoms with Crippen LogP contribution < -0.4 is 0 Å². The standard InChI is InChI=1S/C10H22N3O3PS3/c1-8(2)13(17(6,18)15-5)20-12(4)10(14)16-11-9(3)19-7/h8H,1-7H3. The second-order valence-electron chi connectivity index (χ2n) is 4.13. The van der Waals surface area contributed by atoms with Gasteiger partial charge in [0.25, 0.3) is 0 Å². The second-order valence-corrected chi connectivity index (χ2v) is 10.9. The van der Waals surface area contributed by atoms with Crippen molar-refractivity contribution in [1.29, 1.82) is 0 Å². The minimum absolute atomic E-state index is 0.127. The monoisotopic (exact) mass is 359 g/mol. The van der Waals surface area contributed by atoms with E-state index in [2.05, 4.69) is 5.16 Å². The summed E-state index contributed by atoms with van der Waals surface area (Å²) in [5.74, 6) is 0. The Morgan fingerprint density at radius 3 is 2.40 bits per heavy atom. The smallest absolute Gasteiger partial charge is 0.341 e. The predicted molar refractivity (Wildman–Crippen MR) is 92.7 cm³/mol. The molecule has 0 aromatic rings. The van der Waals surface area contributed by atoms with Gasteiger partial charge in [-0.1, -0.05) is 5.16 Å². The van der Waals surface area contributed by atoms with Crippen molar-refractivity contribution in [1.82, 2.24) is 8.38 Å². The molecule has 0 saturated carbocycles. The number of carbonyl (C=O) groups excluding carboxylic acids is 1. The molecule has 118 valence electrons. The van der Waals surface area contributed by atoms with E-state index in [9.17, 15) is 4.79 Å². The van der Waals surface area contributed by atoms with E-state index in [1.165, 1.54) is 28.2 Å². The molecule has 0 aromatic carbocycles. The summed E-state index contributed by atoms with van der Waals surface area (Å²) < 4.78 is 8.62. The third-order valence-electron chi connectivity index (χ3n) is 2.15. The van der Waals surface area contributed by atoms with Gasteiger partial charge in [-0.15, -0.1) is 11.8 Å². The van der Waals surface area contributed by atoms with Gasteiger partial charge in [0.2, 0.25) is 0 Å². The van der Waals surface area contributed by atoms with E-state index in [4.69, 9.17) is 21.2 Å². The average molecular weight is 359 g/mol. The molecule has 0 aromatic heterocycles. The molecule has 0 rings (SSSR count). The first-order chi connectivity index (χ1) is 9.15. The van der Waals surface area contributed by atoms with Crippen LogP contribution in [0.1, 0.15) is 20.8 Å². The van der Waals surface area contributed by atoms with E-state index in [-0.39, 0.29) is 6.04 Å². The van der Waals surface area contributed by atoms with Crippen molar-refractivity contribution in [3.8, 4) is 0 Å². The van der Waals surface area contributed by atoms with Gasteiger partial charge in [0.1, 0.15) is 11.5 Å². The van der Waals surface area contributed by atoms with Gasteiger partial charge < -0.3 is 4.52 Å². The molecule has 1 amide bonds. The summed E-state index contributed by atoms with van der Waals surface area (Å²) in [5, 5.41) is 4.38. The van der Waals surface area contributed by atoms with Gasteiger partial charge in [-0.05, 0) is 38.8 Å². The zero-order chi connectivity index (χ0) is 15.9. The minimum atomic E-state index is -2.14. The van der Waals surface area contributed by atoms with E-state index >= 15 is 0 Å². The van der Waals surface area contributed by atoms with Gasteiger partial charge in [0.15, 0.2) is 0 Å². The average Bonchev–Trinajstić information content (AvgIpc) is 2.40. The topological polar surface area (TPSA) is 54.4 Å². The van der Waals surface area contributed by atoms with Crippen LogP contribution in [0.4, 0.5) is 4.79 Å². The molecule has 0 radical (unpaired) electrons. The Hall–Kier alpha value is 0.210. The van der Waals surface area contributed by atoms with Crippen LogP contribution in [-0.2, 0) is 21.2 Å². The third kappa shape index (κ3) is 6.78. The van der Waals surface area contributed by atoms with Gasteiger partial charge in [-0.25, -0.2) is 9.10 Å². The van der Waals surface area contributed by atoms with Crippen molar-refractivity contribution in [2.45, 2.75) is 26.8 Å². The van der Waals surface area contributed by atoms with Gasteiger partial charge in [0, 0.05) is 26.9 Å². The molecular formula is C10H22N3O3PS3. The van der Waals surface area contributed by atoms with E-state index in [1.54, 1.807) is 21.1 Å². The summed E-state index contributed by atoms with van der Waals surface area (Å²) in [5.41, 5.74) is 0. The van der Waals surface area contributed by atoms with Crippen LogP contribution in [-0.4, -0.2) is 52.6 Å². The first-order valence-electron chi connectivity index (χ1n) is 5.80. The van der Waals surface area contributed by atoms with E-state index in [1.807, 2.05) is 30.8 Å². The molecule has 0 bridgehead atoms. The molecule has 10 heteroatoms. The van der Waals surface area contributed by atoms with Crippen LogP contribution in [0.25, 0.3) is 0 Å². The number of oxime groups is 1. The third-order valence-corrected chi connectivity index (χ3v) is 8.09. The van der Waals surface area contributed by atoms with E-state index in [0.717, 1.165) is 0 Å². The van der Waals surface area contributed by atoms with Crippen LogP contribution in [0.3, 0.4) is 0 Å². The zero-order valence-electron chi connectivity index (χ0n) is 12.8. The maximum atomic E-state index is 11.8. The Labute approximate surface area is 135 Å². The van der Waals surface area contributed by atoms with Crippen molar-refractivity contribution in [2.75, 3.05) is 27.1 Å². The van der Waals surface area contributed by atoms with Crippen molar-refractivity contribution >= 4 is 53.3 Å². The molecular weight excluding hydrogens is 337 g/mol. The summed E-state index contributed by atoms with van der Waals surface area (Å²) in [6.07, 6.45) is -0.834. The van der Waals surface area contributed by atoms with Crippen molar-refractivity contribution in [2.24, 2.45) is 5.16 Å². The fraction of sp³-hybridized carbons (Fsp3) is 0.800. The lowest BCUT2D eigenvalue weighted by Gasteiger charge is -2.34. The van der Waals surface area contributed by atoms with Crippen LogP contribution in [0.2, 0.25) is 0 Å². The fourth-order valence-corrected chi connectivity index (χ4v) is 4.56. The SMILES string of the molecule is COP(C)(=S)N(SN(C)C(=O)ON=C(C)SC)C(C)C. The Kier molecular flexibility index (Phi) is 9.37. The highest BCUT2D eigenvalue weighted by Gasteiger charge is 2.28. The normalized spacial score (nSPS) is 15.3. The molecule has 0 heterocycles. The van der Waals surface area contributed by atoms with Gasteiger partial charge in [-0.2, -0.15) is 4.08 Å². The largest absolute Gasteiger partial charge is 0.446 e. The maximum absolute atomic E-state index is 11.8. The highest BCUT2D eigenvalue weighted by Crippen LogP contribution is 2.52.